The van der Waals surface area contributed by atoms with Gasteiger partial charge in [-0.1, -0.05) is 6.07 Å². The zero-order chi connectivity index (χ0) is 12.5. The highest BCUT2D eigenvalue weighted by Gasteiger charge is 1.96. The van der Waals surface area contributed by atoms with Crippen LogP contribution in [0.1, 0.15) is 6.42 Å². The summed E-state index contributed by atoms with van der Waals surface area (Å²) in [5, 5.41) is 2.96. The first-order valence-corrected chi connectivity index (χ1v) is 5.49. The summed E-state index contributed by atoms with van der Waals surface area (Å²) in [6, 6.07) is 7.54. The number of hydrogen-bond donors (Lipinski definition) is 2. The predicted octanol–water partition coefficient (Wildman–Crippen LogP) is 0.998. The van der Waals surface area contributed by atoms with E-state index in [9.17, 15) is 0 Å². The van der Waals surface area contributed by atoms with E-state index in [0.29, 0.717) is 12.6 Å². The monoisotopic (exact) mass is 237 g/mol. The molecular formula is C12H19N3O2. The van der Waals surface area contributed by atoms with Gasteiger partial charge in [-0.25, -0.2) is 0 Å². The molecule has 0 spiro atoms. The van der Waals surface area contributed by atoms with Crippen LogP contribution in [0.25, 0.3) is 0 Å². The molecule has 1 aromatic carbocycles. The van der Waals surface area contributed by atoms with Crippen LogP contribution in [0.4, 0.5) is 0 Å². The molecule has 0 heterocycles. The molecule has 94 valence electrons. The van der Waals surface area contributed by atoms with Crippen LogP contribution in [0.15, 0.2) is 29.3 Å². The van der Waals surface area contributed by atoms with Crippen molar-refractivity contribution >= 4 is 5.96 Å². The topological polar surface area (TPSA) is 68.9 Å². The molecule has 0 saturated carbocycles. The van der Waals surface area contributed by atoms with Gasteiger partial charge in [-0.05, 0) is 18.6 Å². The minimum atomic E-state index is 0.450. The van der Waals surface area contributed by atoms with E-state index in [2.05, 4.69) is 10.3 Å². The number of aliphatic imine (C=N–C) groups is 1. The Bertz CT molecular complexity index is 367. The van der Waals surface area contributed by atoms with E-state index < -0.39 is 0 Å². The van der Waals surface area contributed by atoms with Crippen LogP contribution in [0.2, 0.25) is 0 Å². The summed E-state index contributed by atoms with van der Waals surface area (Å²) in [5.41, 5.74) is 5.49. The first-order valence-electron chi connectivity index (χ1n) is 5.49. The third kappa shape index (κ3) is 5.10. The van der Waals surface area contributed by atoms with Gasteiger partial charge < -0.3 is 20.5 Å². The van der Waals surface area contributed by atoms with Crippen molar-refractivity contribution in [2.45, 2.75) is 6.42 Å². The van der Waals surface area contributed by atoms with Crippen LogP contribution in [0.5, 0.6) is 11.5 Å². The van der Waals surface area contributed by atoms with Crippen LogP contribution in [-0.4, -0.2) is 33.3 Å². The molecule has 1 rings (SSSR count). The smallest absolute Gasteiger partial charge is 0.188 e. The molecule has 0 aromatic heterocycles. The van der Waals surface area contributed by atoms with Crippen molar-refractivity contribution in [1.82, 2.24) is 5.32 Å². The molecule has 0 amide bonds. The van der Waals surface area contributed by atoms with E-state index >= 15 is 0 Å². The van der Waals surface area contributed by atoms with E-state index in [1.54, 1.807) is 14.2 Å². The van der Waals surface area contributed by atoms with Gasteiger partial charge in [-0.3, -0.25) is 4.99 Å². The normalized spacial score (nSPS) is 11.1. The molecule has 0 fully saturated rings. The molecule has 0 atom stereocenters. The second kappa shape index (κ2) is 7.38. The first-order chi connectivity index (χ1) is 8.26. The van der Waals surface area contributed by atoms with Gasteiger partial charge in [-0.2, -0.15) is 0 Å². The SMILES string of the molecule is CN=C(N)NCCCOc1cccc(OC)c1. The maximum atomic E-state index is 5.56. The van der Waals surface area contributed by atoms with Gasteiger partial charge in [0.15, 0.2) is 5.96 Å². The highest BCUT2D eigenvalue weighted by Crippen LogP contribution is 2.18. The number of rotatable bonds is 6. The zero-order valence-corrected chi connectivity index (χ0v) is 10.3. The molecule has 0 saturated heterocycles. The summed E-state index contributed by atoms with van der Waals surface area (Å²) in [6.07, 6.45) is 0.855. The van der Waals surface area contributed by atoms with Crippen LogP contribution >= 0.6 is 0 Å². The lowest BCUT2D eigenvalue weighted by atomic mass is 10.3. The third-order valence-electron chi connectivity index (χ3n) is 2.18. The Kier molecular flexibility index (Phi) is 5.71. The van der Waals surface area contributed by atoms with Crippen molar-refractivity contribution in [2.24, 2.45) is 10.7 Å². The van der Waals surface area contributed by atoms with Gasteiger partial charge in [0.1, 0.15) is 11.5 Å². The number of nitrogens with two attached hydrogens (primary N) is 1. The lowest BCUT2D eigenvalue weighted by molar-refractivity contribution is 0.309. The molecule has 0 radical (unpaired) electrons. The molecule has 0 aliphatic rings. The summed E-state index contributed by atoms with van der Waals surface area (Å²) >= 11 is 0. The first kappa shape index (κ1) is 13.2. The summed E-state index contributed by atoms with van der Waals surface area (Å²) in [5.74, 6) is 2.05. The molecule has 5 heteroatoms. The van der Waals surface area contributed by atoms with Crippen molar-refractivity contribution < 1.29 is 9.47 Å². The summed E-state index contributed by atoms with van der Waals surface area (Å²) in [6.45, 7) is 1.37. The van der Waals surface area contributed by atoms with Gasteiger partial charge in [0.2, 0.25) is 0 Å². The summed E-state index contributed by atoms with van der Waals surface area (Å²) in [4.78, 5) is 3.79. The van der Waals surface area contributed by atoms with Crippen LogP contribution in [0, 0.1) is 0 Å². The number of nitrogens with one attached hydrogen (secondary N) is 1. The molecular weight excluding hydrogens is 218 g/mol. The van der Waals surface area contributed by atoms with E-state index in [1.807, 2.05) is 24.3 Å². The fourth-order valence-electron chi connectivity index (χ4n) is 1.25. The Morgan fingerprint density at radius 2 is 2.18 bits per heavy atom. The van der Waals surface area contributed by atoms with Crippen molar-refractivity contribution in [3.8, 4) is 11.5 Å². The molecule has 3 N–H and O–H groups in total. The number of guanidine groups is 1. The number of benzene rings is 1. The van der Waals surface area contributed by atoms with Crippen LogP contribution < -0.4 is 20.5 Å². The lowest BCUT2D eigenvalue weighted by Gasteiger charge is -2.08. The highest BCUT2D eigenvalue weighted by molar-refractivity contribution is 5.77. The van der Waals surface area contributed by atoms with Crippen molar-refractivity contribution in [2.75, 3.05) is 27.3 Å². The van der Waals surface area contributed by atoms with Gasteiger partial charge in [-0.15, -0.1) is 0 Å². The average Bonchev–Trinajstić information content (AvgIpc) is 2.38. The third-order valence-corrected chi connectivity index (χ3v) is 2.18. The minimum Gasteiger partial charge on any atom is -0.497 e. The van der Waals surface area contributed by atoms with E-state index in [0.717, 1.165) is 24.5 Å². The number of ether oxygens (including phenoxy) is 2. The molecule has 5 nitrogen and oxygen atoms in total. The van der Waals surface area contributed by atoms with Crippen molar-refractivity contribution in [3.05, 3.63) is 24.3 Å². The standard InChI is InChI=1S/C12H19N3O2/c1-14-12(13)15-7-4-8-17-11-6-3-5-10(9-11)16-2/h3,5-6,9H,4,7-8H2,1-2H3,(H3,13,14,15). The predicted molar refractivity (Wildman–Crippen MR) is 68.7 cm³/mol. The Labute approximate surface area is 102 Å². The summed E-state index contributed by atoms with van der Waals surface area (Å²) in [7, 11) is 3.28. The number of hydrogen-bond acceptors (Lipinski definition) is 3. The quantitative estimate of drug-likeness (QED) is 0.440. The molecule has 1 aromatic rings. The van der Waals surface area contributed by atoms with Crippen molar-refractivity contribution in [1.29, 1.82) is 0 Å². The minimum absolute atomic E-state index is 0.450. The van der Waals surface area contributed by atoms with Crippen molar-refractivity contribution in [3.63, 3.8) is 0 Å². The van der Waals surface area contributed by atoms with Gasteiger partial charge in [0, 0.05) is 19.7 Å². The Hall–Kier alpha value is -1.91. The number of methoxy groups -OCH3 is 1. The molecule has 0 aliphatic carbocycles. The van der Waals surface area contributed by atoms with Gasteiger partial charge in [0.05, 0.1) is 13.7 Å². The molecule has 0 bridgehead atoms. The Morgan fingerprint density at radius 3 is 2.88 bits per heavy atom. The maximum Gasteiger partial charge on any atom is 0.188 e. The van der Waals surface area contributed by atoms with Gasteiger partial charge >= 0.3 is 0 Å². The average molecular weight is 237 g/mol. The second-order valence-corrected chi connectivity index (χ2v) is 3.42. The Morgan fingerprint density at radius 1 is 1.41 bits per heavy atom. The maximum absolute atomic E-state index is 5.56. The van der Waals surface area contributed by atoms with Gasteiger partial charge in [0.25, 0.3) is 0 Å². The van der Waals surface area contributed by atoms with E-state index in [-0.39, 0.29) is 0 Å². The summed E-state index contributed by atoms with van der Waals surface area (Å²) < 4.78 is 10.7. The molecule has 17 heavy (non-hydrogen) atoms. The van der Waals surface area contributed by atoms with Crippen LogP contribution in [0.3, 0.4) is 0 Å². The van der Waals surface area contributed by atoms with E-state index in [1.165, 1.54) is 0 Å². The van der Waals surface area contributed by atoms with Crippen LogP contribution in [-0.2, 0) is 0 Å². The van der Waals surface area contributed by atoms with E-state index in [4.69, 9.17) is 15.2 Å². The zero-order valence-electron chi connectivity index (χ0n) is 10.3. The Balaban J connectivity index is 2.22. The fourth-order valence-corrected chi connectivity index (χ4v) is 1.25. The lowest BCUT2D eigenvalue weighted by Crippen LogP contribution is -2.32. The number of nitrogens with zero attached hydrogens (tertiary/aromatic N) is 1. The molecule has 0 aliphatic heterocycles. The molecule has 0 unspecified atom stereocenters. The fraction of sp³-hybridized carbons (Fsp3) is 0.417. The second-order valence-electron chi connectivity index (χ2n) is 3.42. The largest absolute Gasteiger partial charge is 0.497 e. The highest BCUT2D eigenvalue weighted by atomic mass is 16.5.